The van der Waals surface area contributed by atoms with Gasteiger partial charge in [-0.2, -0.15) is 15.1 Å². The molecule has 1 saturated heterocycles. The zero-order valence-electron chi connectivity index (χ0n) is 20.1. The molecule has 3 heterocycles. The molecule has 3 aromatic rings. The van der Waals surface area contributed by atoms with E-state index in [-0.39, 0.29) is 17.3 Å². The number of hydrogen-bond acceptors (Lipinski definition) is 11. The number of aliphatic carboxylic acids is 1. The third-order valence-electron chi connectivity index (χ3n) is 5.51. The first-order chi connectivity index (χ1) is 17.5. The molecule has 4 rings (SSSR count). The van der Waals surface area contributed by atoms with Crippen molar-refractivity contribution in [3.05, 3.63) is 36.7 Å². The van der Waals surface area contributed by atoms with Crippen LogP contribution in [-0.4, -0.2) is 80.8 Å². The van der Waals surface area contributed by atoms with Crippen LogP contribution in [0.4, 0.5) is 16.2 Å². The number of carbonyl (C=O) groups is 1. The second-order valence-electron chi connectivity index (χ2n) is 8.51. The quantitative estimate of drug-likeness (QED) is 0.271. The Bertz CT molecular complexity index is 1310. The first-order valence-electron chi connectivity index (χ1n) is 11.1. The number of nitrogens with two attached hydrogens (primary N) is 1. The van der Waals surface area contributed by atoms with Crippen LogP contribution >= 0.6 is 7.75 Å². The summed E-state index contributed by atoms with van der Waals surface area (Å²) in [6, 6.07) is 6.63. The van der Waals surface area contributed by atoms with Crippen LogP contribution < -0.4 is 20.2 Å². The Morgan fingerprint density at radius 1 is 1.35 bits per heavy atom. The summed E-state index contributed by atoms with van der Waals surface area (Å²) in [5.41, 5.74) is 6.34. The van der Waals surface area contributed by atoms with Crippen molar-refractivity contribution in [1.82, 2.24) is 24.6 Å². The number of anilines is 2. The van der Waals surface area contributed by atoms with Crippen molar-refractivity contribution in [3.8, 4) is 5.75 Å². The summed E-state index contributed by atoms with van der Waals surface area (Å²) in [6.07, 6.45) is -4.99. The summed E-state index contributed by atoms with van der Waals surface area (Å²) in [4.78, 5) is 25.5. The molecule has 0 amide bonds. The first kappa shape index (κ1) is 26.7. The maximum Gasteiger partial charge on any atom is 0.459 e. The molecule has 0 spiro atoms. The molecule has 0 bridgehead atoms. The molecular formula is C21H27FN7O7P. The van der Waals surface area contributed by atoms with Crippen molar-refractivity contribution < 1.29 is 37.7 Å². The monoisotopic (exact) mass is 539 g/mol. The van der Waals surface area contributed by atoms with Crippen LogP contribution in [0, 0.1) is 0 Å². The Hall–Kier alpha value is -3.36. The van der Waals surface area contributed by atoms with Crippen LogP contribution in [0.1, 0.15) is 13.2 Å². The molecule has 3 unspecified atom stereocenters. The van der Waals surface area contributed by atoms with Gasteiger partial charge in [0.15, 0.2) is 29.4 Å². The Kier molecular flexibility index (Phi) is 7.62. The molecular weight excluding hydrogens is 512 g/mol. The predicted molar refractivity (Wildman–Crippen MR) is 130 cm³/mol. The van der Waals surface area contributed by atoms with Crippen LogP contribution in [0.15, 0.2) is 36.7 Å². The largest absolute Gasteiger partial charge is 0.480 e. The lowest BCUT2D eigenvalue weighted by Crippen LogP contribution is -2.36. The van der Waals surface area contributed by atoms with E-state index < -0.39 is 51.0 Å². The Morgan fingerprint density at radius 2 is 2.05 bits per heavy atom. The molecule has 0 aliphatic carbocycles. The molecule has 14 nitrogen and oxygen atoms in total. The molecule has 0 radical (unpaired) electrons. The van der Waals surface area contributed by atoms with Crippen molar-refractivity contribution in [2.45, 2.75) is 37.6 Å². The minimum absolute atomic E-state index is 0.0654. The predicted octanol–water partition coefficient (Wildman–Crippen LogP) is 1.34. The molecule has 1 aliphatic rings. The number of carboxylic acids is 1. The number of aliphatic hydroxyl groups excluding tert-OH is 1. The minimum Gasteiger partial charge on any atom is -0.480 e. The number of nitrogens with zero attached hydrogens (tertiary/aromatic N) is 5. The van der Waals surface area contributed by atoms with Crippen LogP contribution in [-0.2, 0) is 18.6 Å². The summed E-state index contributed by atoms with van der Waals surface area (Å²) in [5.74, 6) is -0.812. The summed E-state index contributed by atoms with van der Waals surface area (Å²) in [6.45, 7) is 0.662. The molecule has 16 heteroatoms. The van der Waals surface area contributed by atoms with E-state index in [2.05, 4.69) is 20.0 Å². The number of rotatable bonds is 10. The molecule has 37 heavy (non-hydrogen) atoms. The number of halogens is 1. The number of para-hydroxylation sites is 1. The van der Waals surface area contributed by atoms with Gasteiger partial charge in [-0.3, -0.25) is 13.9 Å². The number of imidazole rings is 1. The maximum atomic E-state index is 15.2. The van der Waals surface area contributed by atoms with Crippen molar-refractivity contribution in [1.29, 1.82) is 0 Å². The van der Waals surface area contributed by atoms with Crippen molar-refractivity contribution in [2.75, 3.05) is 31.3 Å². The number of carboxylic acid groups (broad SMARTS) is 1. The van der Waals surface area contributed by atoms with Gasteiger partial charge < -0.3 is 30.1 Å². The number of hydrogen-bond donors (Lipinski definition) is 4. The Morgan fingerprint density at radius 3 is 2.70 bits per heavy atom. The Labute approximate surface area is 210 Å². The summed E-state index contributed by atoms with van der Waals surface area (Å²) in [7, 11) is -0.834. The summed E-state index contributed by atoms with van der Waals surface area (Å²) < 4.78 is 46.4. The number of nitrogens with one attached hydrogen (secondary N) is 1. The zero-order valence-corrected chi connectivity index (χ0v) is 21.0. The molecule has 0 saturated carbocycles. The van der Waals surface area contributed by atoms with Crippen LogP contribution in [0.25, 0.3) is 11.2 Å². The van der Waals surface area contributed by atoms with E-state index in [1.807, 2.05) is 0 Å². The topological polar surface area (TPSA) is 187 Å². The van der Waals surface area contributed by atoms with E-state index in [0.717, 1.165) is 0 Å². The lowest BCUT2D eigenvalue weighted by Gasteiger charge is -2.23. The smallest absolute Gasteiger partial charge is 0.459 e. The minimum atomic E-state index is -4.30. The second-order valence-corrected chi connectivity index (χ2v) is 10.2. The average molecular weight is 539 g/mol. The third kappa shape index (κ3) is 5.65. The van der Waals surface area contributed by atoms with Crippen molar-refractivity contribution in [3.63, 3.8) is 0 Å². The van der Waals surface area contributed by atoms with Gasteiger partial charge in [0.2, 0.25) is 5.95 Å². The first-order valence-corrected chi connectivity index (χ1v) is 12.7. The Balaban J connectivity index is 1.55. The van der Waals surface area contributed by atoms with Crippen LogP contribution in [0.5, 0.6) is 5.75 Å². The van der Waals surface area contributed by atoms with Crippen molar-refractivity contribution >= 4 is 36.6 Å². The fourth-order valence-electron chi connectivity index (χ4n) is 3.66. The molecule has 5 N–H and O–H groups in total. The summed E-state index contributed by atoms with van der Waals surface area (Å²) >= 11 is 0. The molecule has 1 fully saturated rings. The van der Waals surface area contributed by atoms with Gasteiger partial charge >= 0.3 is 13.7 Å². The fourth-order valence-corrected chi connectivity index (χ4v) is 5.16. The number of aliphatic hydroxyl groups is 1. The molecule has 1 aromatic carbocycles. The average Bonchev–Trinajstić information content (AvgIpc) is 3.38. The molecule has 6 atom stereocenters. The van der Waals surface area contributed by atoms with Gasteiger partial charge in [0.25, 0.3) is 0 Å². The highest BCUT2D eigenvalue weighted by Crippen LogP contribution is 2.46. The standard InChI is InChI=1S/C21H27FN7O7P/c1-11(20(31)32)27-37(33,36-12-7-5-4-6-8-12)34-9-13-16(30)14(22)19(35-13)29-10-24-15-17(28(2)3)25-21(23)26-18(15)29/h4-8,10-11,13-14,16,19,30H,9H2,1-3H3,(H,27,33)(H,31,32)(H2,23,25,26)/t11?,13-,14?,16-,19?,37+/m1/s1. The molecule has 200 valence electrons. The van der Waals surface area contributed by atoms with E-state index >= 15 is 4.39 Å². The van der Waals surface area contributed by atoms with E-state index in [1.54, 1.807) is 37.2 Å². The normalized spacial score (nSPS) is 24.0. The fraction of sp³-hybridized carbons (Fsp3) is 0.429. The van der Waals surface area contributed by atoms with Gasteiger partial charge in [-0.15, -0.1) is 0 Å². The zero-order chi connectivity index (χ0) is 26.9. The molecule has 2 aromatic heterocycles. The van der Waals surface area contributed by atoms with Gasteiger partial charge in [0, 0.05) is 14.1 Å². The van der Waals surface area contributed by atoms with Gasteiger partial charge in [-0.25, -0.2) is 13.9 Å². The second kappa shape index (κ2) is 10.6. The van der Waals surface area contributed by atoms with Crippen LogP contribution in [0.3, 0.4) is 0 Å². The van der Waals surface area contributed by atoms with Gasteiger partial charge in [0.05, 0.1) is 12.9 Å². The van der Waals surface area contributed by atoms with E-state index in [1.165, 1.54) is 30.0 Å². The maximum absolute atomic E-state index is 15.2. The van der Waals surface area contributed by atoms with E-state index in [9.17, 15) is 19.6 Å². The number of ether oxygens (including phenoxy) is 1. The lowest BCUT2D eigenvalue weighted by molar-refractivity contribution is -0.138. The number of aromatic nitrogens is 4. The number of benzene rings is 1. The SMILES string of the molecule is CC(N[P@](=O)(OC[C@H]1OC(n2cnc3c(N(C)C)nc(N)nc32)C(F)[C@@H]1O)Oc1ccccc1)C(=O)O. The van der Waals surface area contributed by atoms with E-state index in [0.29, 0.717) is 11.3 Å². The van der Waals surface area contributed by atoms with Gasteiger partial charge in [-0.1, -0.05) is 18.2 Å². The highest BCUT2D eigenvalue weighted by molar-refractivity contribution is 7.52. The number of nitrogen functional groups attached to an aromatic ring is 1. The third-order valence-corrected chi connectivity index (χ3v) is 7.16. The van der Waals surface area contributed by atoms with Gasteiger partial charge in [0.1, 0.15) is 24.0 Å². The lowest BCUT2D eigenvalue weighted by atomic mass is 10.1. The summed E-state index contributed by atoms with van der Waals surface area (Å²) in [5, 5.41) is 22.1. The number of alkyl halides is 1. The van der Waals surface area contributed by atoms with Crippen LogP contribution in [0.2, 0.25) is 0 Å². The van der Waals surface area contributed by atoms with E-state index in [4.69, 9.17) is 19.5 Å². The van der Waals surface area contributed by atoms with Gasteiger partial charge in [-0.05, 0) is 19.1 Å². The van der Waals surface area contributed by atoms with Crippen molar-refractivity contribution in [2.24, 2.45) is 0 Å². The number of fused-ring (bicyclic) bond motifs is 1. The highest BCUT2D eigenvalue weighted by Gasteiger charge is 2.47. The molecule has 1 aliphatic heterocycles. The highest BCUT2D eigenvalue weighted by atomic mass is 31.2.